The highest BCUT2D eigenvalue weighted by atomic mass is 32.1. The Bertz CT molecular complexity index is 429. The summed E-state index contributed by atoms with van der Waals surface area (Å²) in [6.07, 6.45) is 0. The molecule has 1 amide bonds. The van der Waals surface area contributed by atoms with Crippen LogP contribution in [-0.4, -0.2) is 60.1 Å². The maximum Gasteiger partial charge on any atom is 0.242 e. The van der Waals surface area contributed by atoms with E-state index in [1.807, 2.05) is 16.8 Å². The van der Waals surface area contributed by atoms with Crippen molar-refractivity contribution >= 4 is 22.6 Å². The van der Waals surface area contributed by atoms with Crippen molar-refractivity contribution in [3.63, 3.8) is 0 Å². The molecule has 1 aromatic rings. The van der Waals surface area contributed by atoms with Crippen molar-refractivity contribution in [1.82, 2.24) is 14.3 Å². The lowest BCUT2D eigenvalue weighted by molar-refractivity contribution is -0.133. The van der Waals surface area contributed by atoms with E-state index in [1.165, 1.54) is 11.5 Å². The molecule has 2 heterocycles. The first kappa shape index (κ1) is 14.2. The molecule has 1 saturated heterocycles. The van der Waals surface area contributed by atoms with Gasteiger partial charge in [0.1, 0.15) is 5.82 Å². The number of anilines is 1. The smallest absolute Gasteiger partial charge is 0.242 e. The van der Waals surface area contributed by atoms with E-state index in [1.54, 1.807) is 0 Å². The van der Waals surface area contributed by atoms with Crippen LogP contribution in [0.25, 0.3) is 0 Å². The summed E-state index contributed by atoms with van der Waals surface area (Å²) < 4.78 is 9.54. The first-order valence-corrected chi connectivity index (χ1v) is 7.25. The van der Waals surface area contributed by atoms with Gasteiger partial charge < -0.3 is 14.5 Å². The van der Waals surface area contributed by atoms with Crippen LogP contribution in [0.4, 0.5) is 5.13 Å². The van der Waals surface area contributed by atoms with Gasteiger partial charge in [0.25, 0.3) is 0 Å². The Kier molecular flexibility index (Phi) is 4.71. The van der Waals surface area contributed by atoms with E-state index in [4.69, 9.17) is 4.74 Å². The Hall–Kier alpha value is -1.21. The number of nitrogens with zero attached hydrogens (tertiary/aromatic N) is 4. The number of likely N-dealkylation sites (N-methyl/N-ethyl adjacent to an activating group) is 1. The third-order valence-corrected chi connectivity index (χ3v) is 3.85. The van der Waals surface area contributed by atoms with E-state index in [0.717, 1.165) is 11.0 Å². The van der Waals surface area contributed by atoms with Crippen molar-refractivity contribution in [2.24, 2.45) is 0 Å². The number of carbonyl (C=O) groups is 1. The Balaban J connectivity index is 1.91. The number of morpholine rings is 1. The molecule has 0 spiro atoms. The van der Waals surface area contributed by atoms with Crippen molar-refractivity contribution in [3.8, 4) is 0 Å². The second-order valence-corrected chi connectivity index (χ2v) is 5.67. The predicted octanol–water partition coefficient (Wildman–Crippen LogP) is 0.957. The highest BCUT2D eigenvalue weighted by molar-refractivity contribution is 7.09. The van der Waals surface area contributed by atoms with E-state index in [0.29, 0.717) is 38.8 Å². The van der Waals surface area contributed by atoms with Gasteiger partial charge in [0.15, 0.2) is 0 Å². The maximum atomic E-state index is 12.1. The van der Waals surface area contributed by atoms with Crippen molar-refractivity contribution < 1.29 is 9.53 Å². The summed E-state index contributed by atoms with van der Waals surface area (Å²) in [6.45, 7) is 7.08. The van der Waals surface area contributed by atoms with Gasteiger partial charge in [-0.15, -0.1) is 0 Å². The zero-order valence-electron chi connectivity index (χ0n) is 11.6. The van der Waals surface area contributed by atoms with Crippen LogP contribution in [0.1, 0.15) is 25.6 Å². The summed E-state index contributed by atoms with van der Waals surface area (Å²) in [5.74, 6) is 1.27. The number of amides is 1. The van der Waals surface area contributed by atoms with Gasteiger partial charge in [0.05, 0.1) is 19.8 Å². The SMILES string of the molecule is CC(C)c1nsc(N(C)CC(=O)N2CCOCC2)n1. The lowest BCUT2D eigenvalue weighted by Gasteiger charge is -2.28. The number of rotatable bonds is 4. The summed E-state index contributed by atoms with van der Waals surface area (Å²) in [7, 11) is 1.88. The fourth-order valence-electron chi connectivity index (χ4n) is 1.80. The van der Waals surface area contributed by atoms with Gasteiger partial charge in [0.2, 0.25) is 11.0 Å². The van der Waals surface area contributed by atoms with Crippen LogP contribution in [0.5, 0.6) is 0 Å². The van der Waals surface area contributed by atoms with Crippen LogP contribution in [0.15, 0.2) is 0 Å². The van der Waals surface area contributed by atoms with Gasteiger partial charge in [-0.3, -0.25) is 4.79 Å². The molecule has 0 radical (unpaired) electrons. The largest absolute Gasteiger partial charge is 0.378 e. The average molecular weight is 284 g/mol. The number of carbonyl (C=O) groups excluding carboxylic acids is 1. The maximum absolute atomic E-state index is 12.1. The van der Waals surface area contributed by atoms with Gasteiger partial charge in [-0.2, -0.15) is 4.37 Å². The standard InChI is InChI=1S/C12H20N4O2S/c1-9(2)11-13-12(19-14-11)15(3)8-10(17)16-4-6-18-7-5-16/h9H,4-8H2,1-3H3. The monoisotopic (exact) mass is 284 g/mol. The van der Waals surface area contributed by atoms with Crippen LogP contribution in [0, 0.1) is 0 Å². The molecule has 0 unspecified atom stereocenters. The Labute approximate surface area is 117 Å². The van der Waals surface area contributed by atoms with Crippen molar-refractivity contribution in [3.05, 3.63) is 5.82 Å². The summed E-state index contributed by atoms with van der Waals surface area (Å²) >= 11 is 1.34. The van der Waals surface area contributed by atoms with Crippen LogP contribution in [-0.2, 0) is 9.53 Å². The molecule has 0 atom stereocenters. The molecule has 6 nitrogen and oxygen atoms in total. The molecule has 1 aliphatic heterocycles. The number of hydrogen-bond acceptors (Lipinski definition) is 6. The van der Waals surface area contributed by atoms with Crippen LogP contribution in [0.2, 0.25) is 0 Å². The third-order valence-electron chi connectivity index (χ3n) is 3.01. The minimum atomic E-state index is 0.118. The number of hydrogen-bond donors (Lipinski definition) is 0. The van der Waals surface area contributed by atoms with E-state index in [2.05, 4.69) is 23.2 Å². The molecule has 0 aliphatic carbocycles. The second-order valence-electron chi connectivity index (χ2n) is 4.94. The molecular weight excluding hydrogens is 264 g/mol. The van der Waals surface area contributed by atoms with Crippen LogP contribution >= 0.6 is 11.5 Å². The molecule has 106 valence electrons. The van der Waals surface area contributed by atoms with Crippen LogP contribution < -0.4 is 4.90 Å². The van der Waals surface area contributed by atoms with Crippen molar-refractivity contribution in [2.45, 2.75) is 19.8 Å². The van der Waals surface area contributed by atoms with Gasteiger partial charge >= 0.3 is 0 Å². The minimum Gasteiger partial charge on any atom is -0.378 e. The highest BCUT2D eigenvalue weighted by Crippen LogP contribution is 2.20. The second kappa shape index (κ2) is 6.29. The molecule has 0 saturated carbocycles. The predicted molar refractivity (Wildman–Crippen MR) is 74.7 cm³/mol. The van der Waals surface area contributed by atoms with Gasteiger partial charge in [-0.1, -0.05) is 13.8 Å². The first-order valence-electron chi connectivity index (χ1n) is 6.48. The fourth-order valence-corrected chi connectivity index (χ4v) is 2.56. The Morgan fingerprint density at radius 2 is 2.16 bits per heavy atom. The average Bonchev–Trinajstić information content (AvgIpc) is 2.89. The molecule has 19 heavy (non-hydrogen) atoms. The van der Waals surface area contributed by atoms with Crippen molar-refractivity contribution in [1.29, 1.82) is 0 Å². The van der Waals surface area contributed by atoms with Gasteiger partial charge in [-0.25, -0.2) is 4.98 Å². The van der Waals surface area contributed by atoms with Crippen LogP contribution in [0.3, 0.4) is 0 Å². The molecule has 1 fully saturated rings. The molecule has 2 rings (SSSR count). The summed E-state index contributed by atoms with van der Waals surface area (Å²) in [5.41, 5.74) is 0. The normalized spacial score (nSPS) is 15.9. The van der Waals surface area contributed by atoms with Gasteiger partial charge in [-0.05, 0) is 0 Å². The summed E-state index contributed by atoms with van der Waals surface area (Å²) in [5, 5.41) is 0.797. The number of ether oxygens (including phenoxy) is 1. The number of aromatic nitrogens is 2. The van der Waals surface area contributed by atoms with E-state index in [9.17, 15) is 4.79 Å². The molecule has 1 aliphatic rings. The molecule has 7 heteroatoms. The molecule has 1 aromatic heterocycles. The van der Waals surface area contributed by atoms with E-state index < -0.39 is 0 Å². The third kappa shape index (κ3) is 3.63. The highest BCUT2D eigenvalue weighted by Gasteiger charge is 2.20. The molecular formula is C12H20N4O2S. The zero-order chi connectivity index (χ0) is 13.8. The lowest BCUT2D eigenvalue weighted by atomic mass is 10.2. The first-order chi connectivity index (χ1) is 9.08. The zero-order valence-corrected chi connectivity index (χ0v) is 12.4. The quantitative estimate of drug-likeness (QED) is 0.824. The van der Waals surface area contributed by atoms with Gasteiger partial charge in [0, 0.05) is 37.6 Å². The van der Waals surface area contributed by atoms with E-state index in [-0.39, 0.29) is 5.91 Å². The summed E-state index contributed by atoms with van der Waals surface area (Å²) in [6, 6.07) is 0. The Morgan fingerprint density at radius 3 is 2.74 bits per heavy atom. The topological polar surface area (TPSA) is 58.6 Å². The Morgan fingerprint density at radius 1 is 1.47 bits per heavy atom. The molecule has 0 bridgehead atoms. The summed E-state index contributed by atoms with van der Waals surface area (Å²) in [4.78, 5) is 20.3. The van der Waals surface area contributed by atoms with E-state index >= 15 is 0 Å². The fraction of sp³-hybridized carbons (Fsp3) is 0.750. The minimum absolute atomic E-state index is 0.118. The molecule has 0 aromatic carbocycles. The van der Waals surface area contributed by atoms with Crippen molar-refractivity contribution in [2.75, 3.05) is 44.8 Å². The molecule has 0 N–H and O–H groups in total. The lowest BCUT2D eigenvalue weighted by Crippen LogP contribution is -2.45.